The van der Waals surface area contributed by atoms with E-state index in [4.69, 9.17) is 18.6 Å². The van der Waals surface area contributed by atoms with Gasteiger partial charge in [0, 0.05) is 11.3 Å². The second-order valence-corrected chi connectivity index (χ2v) is 7.45. The molecule has 0 saturated heterocycles. The smallest absolute Gasteiger partial charge is 0.338 e. The molecule has 0 radical (unpaired) electrons. The molecule has 0 aliphatic carbocycles. The number of nitrogens with one attached hydrogen (secondary N) is 1. The highest BCUT2D eigenvalue weighted by Crippen LogP contribution is 2.32. The number of ether oxygens (including phenoxy) is 3. The van der Waals surface area contributed by atoms with Crippen LogP contribution in [0.3, 0.4) is 0 Å². The summed E-state index contributed by atoms with van der Waals surface area (Å²) >= 11 is 0. The predicted octanol–water partition coefficient (Wildman–Crippen LogP) is 4.66. The molecule has 3 aromatic carbocycles. The summed E-state index contributed by atoms with van der Waals surface area (Å²) in [4.78, 5) is 37.5. The fourth-order valence-electron chi connectivity index (χ4n) is 3.43. The molecule has 0 atom stereocenters. The lowest BCUT2D eigenvalue weighted by Crippen LogP contribution is -2.22. The van der Waals surface area contributed by atoms with Gasteiger partial charge in [0.1, 0.15) is 11.3 Å². The van der Waals surface area contributed by atoms with E-state index in [1.807, 2.05) is 0 Å². The second-order valence-electron chi connectivity index (χ2n) is 7.45. The van der Waals surface area contributed by atoms with Crippen molar-refractivity contribution >= 4 is 28.5 Å². The molecule has 1 N–H and O–H groups in total. The van der Waals surface area contributed by atoms with Gasteiger partial charge in [-0.15, -0.1) is 0 Å². The average molecular weight is 473 g/mol. The van der Waals surface area contributed by atoms with Crippen LogP contribution in [0.15, 0.2) is 82.0 Å². The molecular formula is C27H23NO7. The molecule has 1 aromatic heterocycles. The number of carbonyl (C=O) groups excluding carboxylic acids is 2. The standard InChI is InChI=1S/C27H23NO7/c1-3-33-27(31)18-8-12-19(13-9-18)28-23(29)16-34-26-24(30)21-6-4-5-7-22(21)35-25(26)17-10-14-20(32-2)15-11-17/h4-15H,3,16H2,1-2H3,(H,28,29). The molecule has 1 amide bonds. The van der Waals surface area contributed by atoms with Gasteiger partial charge in [0.2, 0.25) is 11.2 Å². The van der Waals surface area contributed by atoms with E-state index in [0.717, 1.165) is 0 Å². The van der Waals surface area contributed by atoms with Gasteiger partial charge in [-0.1, -0.05) is 12.1 Å². The van der Waals surface area contributed by atoms with Gasteiger partial charge in [0.25, 0.3) is 5.91 Å². The topological polar surface area (TPSA) is 104 Å². The van der Waals surface area contributed by atoms with E-state index >= 15 is 0 Å². The summed E-state index contributed by atoms with van der Waals surface area (Å²) in [5.74, 6) is -0.137. The Kier molecular flexibility index (Phi) is 7.11. The Morgan fingerprint density at radius 1 is 0.943 bits per heavy atom. The van der Waals surface area contributed by atoms with E-state index in [1.54, 1.807) is 86.8 Å². The number of esters is 1. The van der Waals surface area contributed by atoms with Gasteiger partial charge < -0.3 is 23.9 Å². The van der Waals surface area contributed by atoms with Crippen LogP contribution in [0.2, 0.25) is 0 Å². The number of para-hydroxylation sites is 1. The third-order valence-electron chi connectivity index (χ3n) is 5.14. The fraction of sp³-hybridized carbons (Fsp3) is 0.148. The van der Waals surface area contributed by atoms with Gasteiger partial charge in [-0.2, -0.15) is 0 Å². The summed E-state index contributed by atoms with van der Waals surface area (Å²) in [6.07, 6.45) is 0. The van der Waals surface area contributed by atoms with Crippen molar-refractivity contribution in [3.05, 3.63) is 88.6 Å². The molecule has 0 spiro atoms. The number of methoxy groups -OCH3 is 1. The van der Waals surface area contributed by atoms with E-state index in [9.17, 15) is 14.4 Å². The molecular weight excluding hydrogens is 450 g/mol. The Balaban J connectivity index is 1.56. The summed E-state index contributed by atoms with van der Waals surface area (Å²) < 4.78 is 21.8. The first kappa shape index (κ1) is 23.6. The molecule has 8 nitrogen and oxygen atoms in total. The third-order valence-corrected chi connectivity index (χ3v) is 5.14. The Hall–Kier alpha value is -4.59. The van der Waals surface area contributed by atoms with Gasteiger partial charge in [-0.3, -0.25) is 9.59 Å². The van der Waals surface area contributed by atoms with Gasteiger partial charge in [-0.05, 0) is 67.6 Å². The van der Waals surface area contributed by atoms with Crippen molar-refractivity contribution in [3.8, 4) is 22.8 Å². The summed E-state index contributed by atoms with van der Waals surface area (Å²) in [6.45, 7) is 1.57. The summed E-state index contributed by atoms with van der Waals surface area (Å²) in [6, 6.07) is 20.0. The van der Waals surface area contributed by atoms with Crippen LogP contribution in [0.25, 0.3) is 22.3 Å². The maximum Gasteiger partial charge on any atom is 0.338 e. The van der Waals surface area contributed by atoms with Gasteiger partial charge in [0.15, 0.2) is 12.4 Å². The highest BCUT2D eigenvalue weighted by Gasteiger charge is 2.19. The number of amides is 1. The van der Waals surface area contributed by atoms with E-state index in [1.165, 1.54) is 0 Å². The summed E-state index contributed by atoms with van der Waals surface area (Å²) in [7, 11) is 1.56. The van der Waals surface area contributed by atoms with Gasteiger partial charge in [-0.25, -0.2) is 4.79 Å². The Labute approximate surface area is 201 Å². The van der Waals surface area contributed by atoms with E-state index in [0.29, 0.717) is 33.5 Å². The molecule has 4 rings (SSSR count). The second kappa shape index (κ2) is 10.6. The molecule has 4 aromatic rings. The highest BCUT2D eigenvalue weighted by atomic mass is 16.5. The monoisotopic (exact) mass is 473 g/mol. The number of carbonyl (C=O) groups is 2. The molecule has 0 unspecified atom stereocenters. The van der Waals surface area contributed by atoms with Crippen molar-refractivity contribution < 1.29 is 28.2 Å². The van der Waals surface area contributed by atoms with Crippen LogP contribution in [0.4, 0.5) is 5.69 Å². The molecule has 0 saturated carbocycles. The zero-order chi connectivity index (χ0) is 24.8. The Morgan fingerprint density at radius 2 is 1.66 bits per heavy atom. The van der Waals surface area contributed by atoms with Crippen LogP contribution in [0.5, 0.6) is 11.5 Å². The van der Waals surface area contributed by atoms with Crippen molar-refractivity contribution in [2.45, 2.75) is 6.92 Å². The van der Waals surface area contributed by atoms with Crippen molar-refractivity contribution in [2.75, 3.05) is 25.6 Å². The molecule has 178 valence electrons. The van der Waals surface area contributed by atoms with Gasteiger partial charge >= 0.3 is 5.97 Å². The molecule has 0 bridgehead atoms. The number of anilines is 1. The predicted molar refractivity (Wildman–Crippen MR) is 131 cm³/mol. The van der Waals surface area contributed by atoms with Crippen LogP contribution >= 0.6 is 0 Å². The molecule has 1 heterocycles. The minimum atomic E-state index is -0.484. The Bertz CT molecular complexity index is 1410. The summed E-state index contributed by atoms with van der Waals surface area (Å²) in [5, 5.41) is 3.02. The SMILES string of the molecule is CCOC(=O)c1ccc(NC(=O)COc2c(-c3ccc(OC)cc3)oc3ccccc3c2=O)cc1. The van der Waals surface area contributed by atoms with E-state index in [-0.39, 0.29) is 23.5 Å². The maximum atomic E-state index is 13.2. The van der Waals surface area contributed by atoms with Crippen molar-refractivity contribution in [2.24, 2.45) is 0 Å². The number of benzene rings is 3. The molecule has 8 heteroatoms. The van der Waals surface area contributed by atoms with Crippen LogP contribution in [0.1, 0.15) is 17.3 Å². The number of hydrogen-bond acceptors (Lipinski definition) is 7. The summed E-state index contributed by atoms with van der Waals surface area (Å²) in [5.41, 5.74) is 1.45. The molecule has 0 aliphatic heterocycles. The van der Waals surface area contributed by atoms with Crippen LogP contribution in [0, 0.1) is 0 Å². The highest BCUT2D eigenvalue weighted by molar-refractivity contribution is 5.94. The van der Waals surface area contributed by atoms with Crippen molar-refractivity contribution in [3.63, 3.8) is 0 Å². The first-order valence-corrected chi connectivity index (χ1v) is 10.9. The molecule has 0 fully saturated rings. The van der Waals surface area contributed by atoms with Crippen molar-refractivity contribution in [1.82, 2.24) is 0 Å². The zero-order valence-electron chi connectivity index (χ0n) is 19.2. The number of fused-ring (bicyclic) bond motifs is 1. The minimum Gasteiger partial charge on any atom is -0.497 e. The van der Waals surface area contributed by atoms with Crippen LogP contribution < -0.4 is 20.2 Å². The molecule has 0 aliphatic rings. The number of rotatable bonds is 8. The first-order chi connectivity index (χ1) is 17.0. The minimum absolute atomic E-state index is 0.0679. The third kappa shape index (κ3) is 5.33. The zero-order valence-corrected chi connectivity index (χ0v) is 19.2. The lowest BCUT2D eigenvalue weighted by atomic mass is 10.1. The normalized spacial score (nSPS) is 10.6. The lowest BCUT2D eigenvalue weighted by molar-refractivity contribution is -0.118. The number of hydrogen-bond donors (Lipinski definition) is 1. The molecule has 35 heavy (non-hydrogen) atoms. The first-order valence-electron chi connectivity index (χ1n) is 10.9. The van der Waals surface area contributed by atoms with Gasteiger partial charge in [0.05, 0.1) is 24.7 Å². The van der Waals surface area contributed by atoms with Crippen molar-refractivity contribution in [1.29, 1.82) is 0 Å². The van der Waals surface area contributed by atoms with E-state index < -0.39 is 18.5 Å². The average Bonchev–Trinajstić information content (AvgIpc) is 2.88. The lowest BCUT2D eigenvalue weighted by Gasteiger charge is -2.12. The fourth-order valence-corrected chi connectivity index (χ4v) is 3.43. The Morgan fingerprint density at radius 3 is 2.34 bits per heavy atom. The van der Waals surface area contributed by atoms with E-state index in [2.05, 4.69) is 5.32 Å². The van der Waals surface area contributed by atoms with Crippen LogP contribution in [-0.4, -0.2) is 32.2 Å². The largest absolute Gasteiger partial charge is 0.497 e. The quantitative estimate of drug-likeness (QED) is 0.371. The van der Waals surface area contributed by atoms with Crippen LogP contribution in [-0.2, 0) is 9.53 Å². The maximum absolute atomic E-state index is 13.2.